The maximum Gasteiger partial charge on any atom is 0.294 e. The van der Waals surface area contributed by atoms with Crippen molar-refractivity contribution in [2.24, 2.45) is 0 Å². The molecule has 1 amide bonds. The molecule has 0 radical (unpaired) electrons. The summed E-state index contributed by atoms with van der Waals surface area (Å²) >= 11 is 8.70. The molecule has 1 unspecified atom stereocenters. The minimum Gasteiger partial charge on any atom is -0.319 e. The number of anilines is 1. The summed E-state index contributed by atoms with van der Waals surface area (Å²) in [5, 5.41) is 13.4. The molecule has 0 aliphatic rings. The molecule has 16 heavy (non-hydrogen) atoms. The number of amides is 1. The first-order chi connectivity index (χ1) is 7.41. The summed E-state index contributed by atoms with van der Waals surface area (Å²) in [6.07, 6.45) is 0. The van der Waals surface area contributed by atoms with E-state index in [1.165, 1.54) is 18.2 Å². The lowest BCUT2D eigenvalue weighted by Gasteiger charge is -2.07. The van der Waals surface area contributed by atoms with Gasteiger partial charge in [0.1, 0.15) is 5.69 Å². The maximum absolute atomic E-state index is 11.4. The number of halogens is 2. The third kappa shape index (κ3) is 3.18. The fourth-order valence-electron chi connectivity index (χ4n) is 0.994. The van der Waals surface area contributed by atoms with Crippen LogP contribution in [0.25, 0.3) is 0 Å². The molecule has 0 saturated heterocycles. The van der Waals surface area contributed by atoms with Gasteiger partial charge in [-0.2, -0.15) is 0 Å². The average Bonchev–Trinajstić information content (AvgIpc) is 2.20. The van der Waals surface area contributed by atoms with Gasteiger partial charge in [0.05, 0.1) is 9.75 Å². The molecule has 1 aromatic rings. The molecule has 0 spiro atoms. The van der Waals surface area contributed by atoms with Gasteiger partial charge >= 0.3 is 0 Å². The van der Waals surface area contributed by atoms with Crippen LogP contribution in [0.1, 0.15) is 6.92 Å². The van der Waals surface area contributed by atoms with Crippen LogP contribution in [0, 0.1) is 10.1 Å². The van der Waals surface area contributed by atoms with Crippen molar-refractivity contribution in [2.45, 2.75) is 11.8 Å². The zero-order chi connectivity index (χ0) is 12.3. The van der Waals surface area contributed by atoms with Crippen LogP contribution >= 0.6 is 27.5 Å². The van der Waals surface area contributed by atoms with Crippen LogP contribution in [-0.4, -0.2) is 15.7 Å². The number of hydrogen-bond acceptors (Lipinski definition) is 3. The second kappa shape index (κ2) is 5.27. The summed E-state index contributed by atoms with van der Waals surface area (Å²) in [5.74, 6) is -0.356. The van der Waals surface area contributed by atoms with Crippen LogP contribution in [0.2, 0.25) is 5.02 Å². The first kappa shape index (κ1) is 12.9. The van der Waals surface area contributed by atoms with E-state index in [2.05, 4.69) is 21.2 Å². The van der Waals surface area contributed by atoms with Gasteiger partial charge in [-0.25, -0.2) is 0 Å². The highest BCUT2D eigenvalue weighted by atomic mass is 79.9. The van der Waals surface area contributed by atoms with Crippen molar-refractivity contribution in [2.75, 3.05) is 5.32 Å². The van der Waals surface area contributed by atoms with Crippen LogP contribution in [-0.2, 0) is 4.79 Å². The lowest BCUT2D eigenvalue weighted by atomic mass is 10.2. The molecule has 7 heteroatoms. The minimum absolute atomic E-state index is 0.130. The Labute approximate surface area is 105 Å². The molecule has 0 aliphatic carbocycles. The predicted octanol–water partition coefficient (Wildman–Crippen LogP) is 2.97. The van der Waals surface area contributed by atoms with Crippen molar-refractivity contribution in [3.8, 4) is 0 Å². The molecular weight excluding hydrogens is 299 g/mol. The molecule has 0 heterocycles. The number of carbonyl (C=O) groups excluding carboxylic acids is 1. The molecule has 0 saturated carbocycles. The minimum atomic E-state index is -0.597. The van der Waals surface area contributed by atoms with Crippen LogP contribution in [0.5, 0.6) is 0 Å². The molecule has 1 N–H and O–H groups in total. The molecule has 86 valence electrons. The Morgan fingerprint density at radius 3 is 2.75 bits per heavy atom. The second-order valence-corrected chi connectivity index (χ2v) is 4.83. The zero-order valence-corrected chi connectivity index (χ0v) is 10.6. The number of nitro groups is 1. The molecule has 0 aliphatic heterocycles. The molecule has 5 nitrogen and oxygen atoms in total. The van der Waals surface area contributed by atoms with Gasteiger partial charge in [0.2, 0.25) is 5.91 Å². The summed E-state index contributed by atoms with van der Waals surface area (Å²) in [6.45, 7) is 1.62. The van der Waals surface area contributed by atoms with E-state index in [1.54, 1.807) is 6.92 Å². The van der Waals surface area contributed by atoms with Gasteiger partial charge in [0.15, 0.2) is 0 Å². The van der Waals surface area contributed by atoms with Crippen molar-refractivity contribution >= 4 is 44.8 Å². The van der Waals surface area contributed by atoms with E-state index in [4.69, 9.17) is 11.6 Å². The Balaban J connectivity index is 3.04. The van der Waals surface area contributed by atoms with E-state index in [9.17, 15) is 14.9 Å². The number of alkyl halides is 1. The lowest BCUT2D eigenvalue weighted by Crippen LogP contribution is -2.20. The summed E-state index contributed by atoms with van der Waals surface area (Å²) in [6, 6.07) is 4.06. The highest BCUT2D eigenvalue weighted by molar-refractivity contribution is 9.10. The quantitative estimate of drug-likeness (QED) is 0.530. The Morgan fingerprint density at radius 1 is 1.62 bits per heavy atom. The van der Waals surface area contributed by atoms with E-state index in [1.807, 2.05) is 0 Å². The van der Waals surface area contributed by atoms with Gasteiger partial charge in [-0.05, 0) is 19.1 Å². The van der Waals surface area contributed by atoms with Crippen molar-refractivity contribution in [1.29, 1.82) is 0 Å². The molecule has 0 aromatic heterocycles. The fourth-order valence-corrected chi connectivity index (χ4v) is 1.27. The summed E-state index contributed by atoms with van der Waals surface area (Å²) in [5.41, 5.74) is -0.0975. The normalized spacial score (nSPS) is 11.9. The van der Waals surface area contributed by atoms with Gasteiger partial charge in [0, 0.05) is 11.1 Å². The number of benzene rings is 1. The monoisotopic (exact) mass is 306 g/mol. The Hall–Kier alpha value is -1.14. The van der Waals surface area contributed by atoms with E-state index in [0.717, 1.165) is 0 Å². The number of hydrogen-bond donors (Lipinski definition) is 1. The molecule has 1 aromatic carbocycles. The molecular formula is C9H8BrClN2O3. The highest BCUT2D eigenvalue weighted by Crippen LogP contribution is 2.27. The lowest BCUT2D eigenvalue weighted by molar-refractivity contribution is -0.383. The van der Waals surface area contributed by atoms with Crippen molar-refractivity contribution < 1.29 is 9.72 Å². The number of nitro benzene ring substituents is 1. The van der Waals surface area contributed by atoms with Gasteiger partial charge in [-0.15, -0.1) is 0 Å². The van der Waals surface area contributed by atoms with Crippen molar-refractivity contribution in [1.82, 2.24) is 0 Å². The predicted molar refractivity (Wildman–Crippen MR) is 65.1 cm³/mol. The maximum atomic E-state index is 11.4. The van der Waals surface area contributed by atoms with E-state index >= 15 is 0 Å². The zero-order valence-electron chi connectivity index (χ0n) is 8.24. The first-order valence-electron chi connectivity index (χ1n) is 4.30. The Kier molecular flexibility index (Phi) is 4.26. The van der Waals surface area contributed by atoms with E-state index < -0.39 is 9.75 Å². The van der Waals surface area contributed by atoms with E-state index in [0.29, 0.717) is 0 Å². The van der Waals surface area contributed by atoms with Crippen LogP contribution in [0.3, 0.4) is 0 Å². The Morgan fingerprint density at radius 2 is 2.25 bits per heavy atom. The summed E-state index contributed by atoms with van der Waals surface area (Å²) in [7, 11) is 0. The average molecular weight is 308 g/mol. The van der Waals surface area contributed by atoms with Crippen molar-refractivity contribution in [3.05, 3.63) is 33.3 Å². The first-order valence-corrected chi connectivity index (χ1v) is 5.60. The number of nitrogens with zero attached hydrogens (tertiary/aromatic N) is 1. The highest BCUT2D eigenvalue weighted by Gasteiger charge is 2.18. The SMILES string of the molecule is CC(Br)C(=O)Nc1ccc(Cl)cc1[N+](=O)[O-]. The summed E-state index contributed by atoms with van der Waals surface area (Å²) in [4.78, 5) is 21.0. The Bertz CT molecular complexity index is 437. The van der Waals surface area contributed by atoms with Crippen LogP contribution in [0.15, 0.2) is 18.2 Å². The second-order valence-electron chi connectivity index (χ2n) is 3.02. The van der Waals surface area contributed by atoms with Gasteiger partial charge in [-0.1, -0.05) is 27.5 Å². The summed E-state index contributed by atoms with van der Waals surface area (Å²) < 4.78 is 0. The number of rotatable bonds is 3. The van der Waals surface area contributed by atoms with Gasteiger partial charge < -0.3 is 5.32 Å². The fraction of sp³-hybridized carbons (Fsp3) is 0.222. The smallest absolute Gasteiger partial charge is 0.294 e. The molecule has 0 bridgehead atoms. The molecule has 0 fully saturated rings. The molecule has 1 atom stereocenters. The van der Waals surface area contributed by atoms with Crippen LogP contribution < -0.4 is 5.32 Å². The van der Waals surface area contributed by atoms with Crippen LogP contribution in [0.4, 0.5) is 11.4 Å². The topological polar surface area (TPSA) is 72.2 Å². The number of carbonyl (C=O) groups is 1. The number of nitrogens with one attached hydrogen (secondary N) is 1. The van der Waals surface area contributed by atoms with E-state index in [-0.39, 0.29) is 22.3 Å². The largest absolute Gasteiger partial charge is 0.319 e. The van der Waals surface area contributed by atoms with Crippen molar-refractivity contribution in [3.63, 3.8) is 0 Å². The third-order valence-electron chi connectivity index (χ3n) is 1.78. The standard InChI is InChI=1S/C9H8BrClN2O3/c1-5(10)9(14)12-7-3-2-6(11)4-8(7)13(15)16/h2-5H,1H3,(H,12,14). The molecule has 1 rings (SSSR count). The van der Waals surface area contributed by atoms with Gasteiger partial charge in [-0.3, -0.25) is 14.9 Å². The third-order valence-corrected chi connectivity index (χ3v) is 2.43. The van der Waals surface area contributed by atoms with Gasteiger partial charge in [0.25, 0.3) is 5.69 Å².